The molecule has 0 spiro atoms. The predicted octanol–water partition coefficient (Wildman–Crippen LogP) is 2.73. The van der Waals surface area contributed by atoms with Gasteiger partial charge >= 0.3 is 6.01 Å². The van der Waals surface area contributed by atoms with Crippen molar-refractivity contribution in [3.8, 4) is 0 Å². The molecule has 0 aromatic carbocycles. The fourth-order valence-electron chi connectivity index (χ4n) is 2.48. The second kappa shape index (κ2) is 5.69. The Morgan fingerprint density at radius 1 is 1.28 bits per heavy atom. The van der Waals surface area contributed by atoms with Gasteiger partial charge in [0.1, 0.15) is 0 Å². The first-order valence-electron chi connectivity index (χ1n) is 6.87. The Balaban J connectivity index is 1.87. The third kappa shape index (κ3) is 3.22. The van der Waals surface area contributed by atoms with Crippen LogP contribution in [0.15, 0.2) is 4.42 Å². The fraction of sp³-hybridized carbons (Fsp3) is 0.846. The van der Waals surface area contributed by atoms with Crippen molar-refractivity contribution in [3.05, 3.63) is 5.89 Å². The van der Waals surface area contributed by atoms with E-state index >= 15 is 0 Å². The second-order valence-electron chi connectivity index (χ2n) is 5.68. The van der Waals surface area contributed by atoms with Gasteiger partial charge in [-0.15, -0.1) is 5.10 Å². The van der Waals surface area contributed by atoms with E-state index < -0.39 is 0 Å². The minimum Gasteiger partial charge on any atom is -0.406 e. The lowest BCUT2D eigenvalue weighted by Crippen LogP contribution is -2.28. The van der Waals surface area contributed by atoms with E-state index in [-0.39, 0.29) is 6.04 Å². The summed E-state index contributed by atoms with van der Waals surface area (Å²) in [5.74, 6) is 0.633. The smallest absolute Gasteiger partial charge is 0.315 e. The van der Waals surface area contributed by atoms with Crippen molar-refractivity contribution in [2.45, 2.75) is 52.0 Å². The lowest BCUT2D eigenvalue weighted by Gasteiger charge is -2.33. The van der Waals surface area contributed by atoms with Crippen molar-refractivity contribution in [2.24, 2.45) is 5.41 Å². The molecule has 1 heterocycles. The lowest BCUT2D eigenvalue weighted by molar-refractivity contribution is 0.231. The monoisotopic (exact) mass is 252 g/mol. The number of rotatable bonds is 5. The molecule has 1 aromatic rings. The Hall–Kier alpha value is -1.10. The summed E-state index contributed by atoms with van der Waals surface area (Å²) in [6.45, 7) is 5.26. The Kier molecular flexibility index (Phi) is 4.22. The van der Waals surface area contributed by atoms with E-state index in [1.807, 2.05) is 14.0 Å². The summed E-state index contributed by atoms with van der Waals surface area (Å²) in [6.07, 6.45) is 6.62. The quantitative estimate of drug-likeness (QED) is 0.843. The molecule has 1 aliphatic rings. The third-order valence-corrected chi connectivity index (χ3v) is 3.97. The molecule has 5 nitrogen and oxygen atoms in total. The Bertz CT molecular complexity index is 371. The van der Waals surface area contributed by atoms with Crippen molar-refractivity contribution in [3.63, 3.8) is 0 Å². The summed E-state index contributed by atoms with van der Waals surface area (Å²) in [7, 11) is 1.88. The SMILES string of the molecule is CNC(C)c1nnc(NCC2(C)CCCCC2)o1. The topological polar surface area (TPSA) is 63.0 Å². The molecular formula is C13H24N4O. The summed E-state index contributed by atoms with van der Waals surface area (Å²) in [5, 5.41) is 14.4. The van der Waals surface area contributed by atoms with Crippen molar-refractivity contribution in [1.82, 2.24) is 15.5 Å². The van der Waals surface area contributed by atoms with Gasteiger partial charge in [0.2, 0.25) is 5.89 Å². The van der Waals surface area contributed by atoms with Crippen LogP contribution in [0.2, 0.25) is 0 Å². The van der Waals surface area contributed by atoms with E-state index in [0.29, 0.717) is 17.3 Å². The molecule has 0 saturated heterocycles. The molecule has 0 aliphatic heterocycles. The summed E-state index contributed by atoms with van der Waals surface area (Å²) < 4.78 is 5.58. The van der Waals surface area contributed by atoms with Gasteiger partial charge in [-0.3, -0.25) is 0 Å². The van der Waals surface area contributed by atoms with Gasteiger partial charge in [0, 0.05) is 6.54 Å². The van der Waals surface area contributed by atoms with Crippen LogP contribution in [0.4, 0.5) is 6.01 Å². The van der Waals surface area contributed by atoms with Crippen molar-refractivity contribution in [2.75, 3.05) is 18.9 Å². The Labute approximate surface area is 109 Å². The number of aromatic nitrogens is 2. The van der Waals surface area contributed by atoms with Gasteiger partial charge in [0.05, 0.1) is 6.04 Å². The van der Waals surface area contributed by atoms with Crippen molar-refractivity contribution in [1.29, 1.82) is 0 Å². The van der Waals surface area contributed by atoms with Crippen LogP contribution < -0.4 is 10.6 Å². The molecular weight excluding hydrogens is 228 g/mol. The highest BCUT2D eigenvalue weighted by molar-refractivity contribution is 5.18. The van der Waals surface area contributed by atoms with Crippen LogP contribution >= 0.6 is 0 Å². The van der Waals surface area contributed by atoms with Crippen LogP contribution in [-0.2, 0) is 0 Å². The lowest BCUT2D eigenvalue weighted by atomic mass is 9.76. The molecule has 5 heteroatoms. The van der Waals surface area contributed by atoms with Gasteiger partial charge in [0.25, 0.3) is 0 Å². The molecule has 102 valence electrons. The van der Waals surface area contributed by atoms with Crippen LogP contribution in [-0.4, -0.2) is 23.8 Å². The highest BCUT2D eigenvalue weighted by Gasteiger charge is 2.27. The molecule has 1 unspecified atom stereocenters. The zero-order valence-corrected chi connectivity index (χ0v) is 11.6. The molecule has 2 N–H and O–H groups in total. The Morgan fingerprint density at radius 3 is 2.67 bits per heavy atom. The molecule has 2 rings (SSSR count). The van der Waals surface area contributed by atoms with Crippen LogP contribution in [0.3, 0.4) is 0 Å². The minimum absolute atomic E-state index is 0.0957. The van der Waals surface area contributed by atoms with E-state index in [1.165, 1.54) is 32.1 Å². The van der Waals surface area contributed by atoms with Crippen LogP contribution in [0.5, 0.6) is 0 Å². The molecule has 1 atom stereocenters. The first-order valence-corrected chi connectivity index (χ1v) is 6.87. The third-order valence-electron chi connectivity index (χ3n) is 3.97. The predicted molar refractivity (Wildman–Crippen MR) is 71.5 cm³/mol. The van der Waals surface area contributed by atoms with Crippen molar-refractivity contribution >= 4 is 6.01 Å². The summed E-state index contributed by atoms with van der Waals surface area (Å²) >= 11 is 0. The van der Waals surface area contributed by atoms with Gasteiger partial charge in [-0.05, 0) is 32.2 Å². The zero-order valence-electron chi connectivity index (χ0n) is 11.6. The average molecular weight is 252 g/mol. The van der Waals surface area contributed by atoms with Crippen LogP contribution in [0.25, 0.3) is 0 Å². The maximum Gasteiger partial charge on any atom is 0.315 e. The molecule has 0 amide bonds. The number of nitrogens with zero attached hydrogens (tertiary/aromatic N) is 2. The second-order valence-corrected chi connectivity index (χ2v) is 5.68. The standard InChI is InChI=1S/C13H24N4O/c1-10(14-3)11-16-17-12(18-11)15-9-13(2)7-5-4-6-8-13/h10,14H,4-9H2,1-3H3,(H,15,17). The number of hydrogen-bond acceptors (Lipinski definition) is 5. The van der Waals surface area contributed by atoms with E-state index in [1.54, 1.807) is 0 Å². The maximum atomic E-state index is 5.58. The number of nitrogens with one attached hydrogen (secondary N) is 2. The molecule has 1 fully saturated rings. The summed E-state index contributed by atoms with van der Waals surface area (Å²) in [5.41, 5.74) is 0.376. The van der Waals surface area contributed by atoms with Crippen LogP contribution in [0.1, 0.15) is 57.9 Å². The fourth-order valence-corrected chi connectivity index (χ4v) is 2.48. The van der Waals surface area contributed by atoms with Crippen molar-refractivity contribution < 1.29 is 4.42 Å². The minimum atomic E-state index is 0.0957. The molecule has 1 saturated carbocycles. The van der Waals surface area contributed by atoms with E-state index in [0.717, 1.165) is 6.54 Å². The Morgan fingerprint density at radius 2 is 2.00 bits per heavy atom. The van der Waals surface area contributed by atoms with Gasteiger partial charge in [-0.25, -0.2) is 0 Å². The number of hydrogen-bond donors (Lipinski definition) is 2. The zero-order chi connectivity index (χ0) is 13.0. The van der Waals surface area contributed by atoms with Gasteiger partial charge in [0.15, 0.2) is 0 Å². The van der Waals surface area contributed by atoms with Gasteiger partial charge in [-0.2, -0.15) is 0 Å². The first kappa shape index (κ1) is 13.3. The molecule has 0 radical (unpaired) electrons. The number of anilines is 1. The largest absolute Gasteiger partial charge is 0.406 e. The van der Waals surface area contributed by atoms with E-state index in [4.69, 9.17) is 4.42 Å². The van der Waals surface area contributed by atoms with E-state index in [2.05, 4.69) is 27.8 Å². The van der Waals surface area contributed by atoms with Gasteiger partial charge in [-0.1, -0.05) is 31.3 Å². The highest BCUT2D eigenvalue weighted by Crippen LogP contribution is 2.35. The molecule has 1 aromatic heterocycles. The summed E-state index contributed by atoms with van der Waals surface area (Å²) in [4.78, 5) is 0. The molecule has 0 bridgehead atoms. The molecule has 1 aliphatic carbocycles. The normalized spacial score (nSPS) is 20.6. The molecule has 18 heavy (non-hydrogen) atoms. The summed E-state index contributed by atoms with van der Waals surface area (Å²) in [6, 6.07) is 0.636. The average Bonchev–Trinajstić information content (AvgIpc) is 2.85. The van der Waals surface area contributed by atoms with Crippen LogP contribution in [0, 0.1) is 5.41 Å². The van der Waals surface area contributed by atoms with Gasteiger partial charge < -0.3 is 15.1 Å². The first-order chi connectivity index (χ1) is 8.63. The highest BCUT2D eigenvalue weighted by atomic mass is 16.4. The maximum absolute atomic E-state index is 5.58. The van der Waals surface area contributed by atoms with E-state index in [9.17, 15) is 0 Å².